The molecule has 0 aliphatic carbocycles. The highest BCUT2D eigenvalue weighted by atomic mass is 16.6. The molecule has 5 N–H and O–H groups in total. The number of nitrogens with one attached hydrogen (secondary N) is 1. The molecule has 0 bridgehead atoms. The SMILES string of the molecule is Cc1ccc([N+](=O)[O-])cc1NC(N)N. The number of benzene rings is 1. The smallest absolute Gasteiger partial charge is 0.271 e. The fourth-order valence-corrected chi connectivity index (χ4v) is 1.06. The van der Waals surface area contributed by atoms with Gasteiger partial charge in [-0.2, -0.15) is 0 Å². The van der Waals surface area contributed by atoms with Crippen molar-refractivity contribution in [1.29, 1.82) is 0 Å². The fraction of sp³-hybridized carbons (Fsp3) is 0.250. The number of nitrogens with two attached hydrogens (primary N) is 2. The summed E-state index contributed by atoms with van der Waals surface area (Å²) in [7, 11) is 0. The van der Waals surface area contributed by atoms with E-state index in [1.165, 1.54) is 12.1 Å². The van der Waals surface area contributed by atoms with Crippen molar-refractivity contribution in [3.63, 3.8) is 0 Å². The third-order valence-corrected chi connectivity index (χ3v) is 1.75. The molecule has 0 aliphatic rings. The van der Waals surface area contributed by atoms with Gasteiger partial charge in [-0.1, -0.05) is 6.07 Å². The van der Waals surface area contributed by atoms with Gasteiger partial charge in [0.1, 0.15) is 6.29 Å². The van der Waals surface area contributed by atoms with E-state index in [4.69, 9.17) is 11.5 Å². The standard InChI is InChI=1S/C8H12N4O2/c1-5-2-3-6(12(13)14)4-7(5)11-8(9)10/h2-4,8,11H,9-10H2,1H3. The van der Waals surface area contributed by atoms with Gasteiger partial charge in [0.15, 0.2) is 0 Å². The van der Waals surface area contributed by atoms with Crippen LogP contribution in [0.25, 0.3) is 0 Å². The molecule has 0 saturated carbocycles. The van der Waals surface area contributed by atoms with Gasteiger partial charge in [-0.25, -0.2) is 0 Å². The van der Waals surface area contributed by atoms with E-state index in [1.54, 1.807) is 6.07 Å². The molecule has 0 saturated heterocycles. The molecular formula is C8H12N4O2. The zero-order chi connectivity index (χ0) is 10.7. The zero-order valence-corrected chi connectivity index (χ0v) is 7.73. The number of hydrogen-bond acceptors (Lipinski definition) is 5. The van der Waals surface area contributed by atoms with E-state index in [2.05, 4.69) is 5.32 Å². The number of hydrogen-bond donors (Lipinski definition) is 3. The summed E-state index contributed by atoms with van der Waals surface area (Å²) in [6.45, 7) is 1.81. The van der Waals surface area contributed by atoms with Crippen molar-refractivity contribution < 1.29 is 4.92 Å². The molecule has 0 spiro atoms. The molecule has 14 heavy (non-hydrogen) atoms. The van der Waals surface area contributed by atoms with Crippen LogP contribution in [0.1, 0.15) is 5.56 Å². The maximum absolute atomic E-state index is 10.5. The van der Waals surface area contributed by atoms with E-state index >= 15 is 0 Å². The van der Waals surface area contributed by atoms with Crippen LogP contribution in [0.4, 0.5) is 11.4 Å². The number of nitrogens with zero attached hydrogens (tertiary/aromatic N) is 1. The Morgan fingerprint density at radius 1 is 1.50 bits per heavy atom. The molecule has 0 aromatic heterocycles. The highest BCUT2D eigenvalue weighted by molar-refractivity contribution is 5.57. The summed E-state index contributed by atoms with van der Waals surface area (Å²) in [6.07, 6.45) is -0.726. The lowest BCUT2D eigenvalue weighted by molar-refractivity contribution is -0.384. The van der Waals surface area contributed by atoms with Crippen LogP contribution >= 0.6 is 0 Å². The maximum Gasteiger partial charge on any atom is 0.271 e. The second-order valence-corrected chi connectivity index (χ2v) is 2.93. The topological polar surface area (TPSA) is 107 Å². The molecular weight excluding hydrogens is 184 g/mol. The summed E-state index contributed by atoms with van der Waals surface area (Å²) < 4.78 is 0. The highest BCUT2D eigenvalue weighted by Crippen LogP contribution is 2.21. The van der Waals surface area contributed by atoms with Crippen LogP contribution in [0.2, 0.25) is 0 Å². The minimum atomic E-state index is -0.726. The van der Waals surface area contributed by atoms with Crippen molar-refractivity contribution in [2.24, 2.45) is 11.5 Å². The first kappa shape index (κ1) is 10.4. The predicted molar refractivity (Wildman–Crippen MR) is 53.6 cm³/mol. The zero-order valence-electron chi connectivity index (χ0n) is 7.73. The van der Waals surface area contributed by atoms with E-state index in [0.29, 0.717) is 5.69 Å². The molecule has 1 aromatic rings. The first-order valence-electron chi connectivity index (χ1n) is 4.03. The Morgan fingerprint density at radius 3 is 2.64 bits per heavy atom. The monoisotopic (exact) mass is 196 g/mol. The van der Waals surface area contributed by atoms with Gasteiger partial charge in [0.2, 0.25) is 0 Å². The van der Waals surface area contributed by atoms with Crippen molar-refractivity contribution in [3.05, 3.63) is 33.9 Å². The van der Waals surface area contributed by atoms with E-state index in [1.807, 2.05) is 6.92 Å². The van der Waals surface area contributed by atoms with Crippen molar-refractivity contribution in [1.82, 2.24) is 0 Å². The Morgan fingerprint density at radius 2 is 2.14 bits per heavy atom. The minimum absolute atomic E-state index is 0.0127. The van der Waals surface area contributed by atoms with Crippen molar-refractivity contribution in [2.75, 3.05) is 5.32 Å². The van der Waals surface area contributed by atoms with Gasteiger partial charge in [0.25, 0.3) is 5.69 Å². The average Bonchev–Trinajstić information content (AvgIpc) is 2.07. The van der Waals surface area contributed by atoms with Gasteiger partial charge < -0.3 is 5.32 Å². The number of nitro groups is 1. The molecule has 0 radical (unpaired) electrons. The van der Waals surface area contributed by atoms with Crippen molar-refractivity contribution >= 4 is 11.4 Å². The number of nitro benzene ring substituents is 1. The van der Waals surface area contributed by atoms with E-state index in [0.717, 1.165) is 5.56 Å². The van der Waals surface area contributed by atoms with Gasteiger partial charge in [0.05, 0.1) is 4.92 Å². The summed E-state index contributed by atoms with van der Waals surface area (Å²) >= 11 is 0. The molecule has 0 fully saturated rings. The minimum Gasteiger partial charge on any atom is -0.358 e. The molecule has 6 nitrogen and oxygen atoms in total. The second-order valence-electron chi connectivity index (χ2n) is 2.93. The quantitative estimate of drug-likeness (QED) is 0.371. The molecule has 0 atom stereocenters. The Hall–Kier alpha value is -1.66. The van der Waals surface area contributed by atoms with Crippen LogP contribution in [0.5, 0.6) is 0 Å². The van der Waals surface area contributed by atoms with Gasteiger partial charge in [-0.05, 0) is 12.5 Å². The van der Waals surface area contributed by atoms with Crippen LogP contribution in [-0.2, 0) is 0 Å². The largest absolute Gasteiger partial charge is 0.358 e. The molecule has 0 aliphatic heterocycles. The molecule has 1 rings (SSSR count). The third-order valence-electron chi connectivity index (χ3n) is 1.75. The van der Waals surface area contributed by atoms with Crippen LogP contribution < -0.4 is 16.8 Å². The average molecular weight is 196 g/mol. The first-order chi connectivity index (χ1) is 6.50. The molecule has 0 unspecified atom stereocenters. The lowest BCUT2D eigenvalue weighted by Crippen LogP contribution is -2.38. The first-order valence-corrected chi connectivity index (χ1v) is 4.03. The number of rotatable bonds is 3. The Bertz CT molecular complexity index is 351. The van der Waals surface area contributed by atoms with Gasteiger partial charge in [-0.15, -0.1) is 0 Å². The van der Waals surface area contributed by atoms with E-state index in [-0.39, 0.29) is 5.69 Å². The Balaban J connectivity index is 3.02. The molecule has 76 valence electrons. The number of anilines is 1. The van der Waals surface area contributed by atoms with Gasteiger partial charge in [-0.3, -0.25) is 21.6 Å². The lowest BCUT2D eigenvalue weighted by atomic mass is 10.2. The summed E-state index contributed by atoms with van der Waals surface area (Å²) in [5.74, 6) is 0. The van der Waals surface area contributed by atoms with E-state index in [9.17, 15) is 10.1 Å². The van der Waals surface area contributed by atoms with Gasteiger partial charge in [0, 0.05) is 17.8 Å². The summed E-state index contributed by atoms with van der Waals surface area (Å²) in [5.41, 5.74) is 12.1. The van der Waals surface area contributed by atoms with E-state index < -0.39 is 11.2 Å². The van der Waals surface area contributed by atoms with Crippen LogP contribution in [0.3, 0.4) is 0 Å². The third kappa shape index (κ3) is 2.41. The maximum atomic E-state index is 10.5. The molecule has 0 heterocycles. The normalized spacial score (nSPS) is 10.3. The second kappa shape index (κ2) is 4.03. The van der Waals surface area contributed by atoms with Crippen LogP contribution in [0, 0.1) is 17.0 Å². The molecule has 6 heteroatoms. The van der Waals surface area contributed by atoms with Crippen LogP contribution in [-0.4, -0.2) is 11.2 Å². The Labute approximate surface area is 81.0 Å². The molecule has 1 aromatic carbocycles. The van der Waals surface area contributed by atoms with Crippen LogP contribution in [0.15, 0.2) is 18.2 Å². The van der Waals surface area contributed by atoms with Crippen molar-refractivity contribution in [3.8, 4) is 0 Å². The fourth-order valence-electron chi connectivity index (χ4n) is 1.06. The predicted octanol–water partition coefficient (Wildman–Crippen LogP) is 0.516. The summed E-state index contributed by atoms with van der Waals surface area (Å²) in [5, 5.41) is 13.2. The lowest BCUT2D eigenvalue weighted by Gasteiger charge is -2.11. The summed E-state index contributed by atoms with van der Waals surface area (Å²) in [4.78, 5) is 10.00. The molecule has 0 amide bonds. The van der Waals surface area contributed by atoms with Crippen molar-refractivity contribution in [2.45, 2.75) is 13.2 Å². The number of non-ortho nitro benzene ring substituents is 1. The summed E-state index contributed by atoms with van der Waals surface area (Å²) in [6, 6.07) is 4.48. The van der Waals surface area contributed by atoms with Gasteiger partial charge >= 0.3 is 0 Å². The Kier molecular flexibility index (Phi) is 3.00. The number of aryl methyl sites for hydroxylation is 1. The highest BCUT2D eigenvalue weighted by Gasteiger charge is 2.08.